The number of rotatable bonds is 7. The van der Waals surface area contributed by atoms with Crippen LogP contribution in [0.3, 0.4) is 0 Å². The van der Waals surface area contributed by atoms with E-state index in [2.05, 4.69) is 50.3 Å². The molecule has 0 bridgehead atoms. The Morgan fingerprint density at radius 3 is 2.44 bits per heavy atom. The molecule has 18 heavy (non-hydrogen) atoms. The molecule has 2 atom stereocenters. The molecule has 1 heteroatoms. The lowest BCUT2D eigenvalue weighted by Crippen LogP contribution is -2.42. The van der Waals surface area contributed by atoms with Crippen LogP contribution in [0.5, 0.6) is 0 Å². The smallest absolute Gasteiger partial charge is 0.0654 e. The number of hydrogen-bond acceptors (Lipinski definition) is 0. The van der Waals surface area contributed by atoms with Crippen LogP contribution in [0, 0.1) is 5.92 Å². The molecule has 0 radical (unpaired) electrons. The van der Waals surface area contributed by atoms with E-state index in [1.807, 2.05) is 0 Å². The first kappa shape index (κ1) is 13.9. The van der Waals surface area contributed by atoms with Crippen LogP contribution in [0.2, 0.25) is 18.6 Å². The maximum atomic E-state index is 2.57. The molecular formula is C17H28Si. The van der Waals surface area contributed by atoms with Crippen molar-refractivity contribution in [1.82, 2.24) is 0 Å². The third-order valence-corrected chi connectivity index (χ3v) is 9.18. The second kappa shape index (κ2) is 6.05. The molecule has 0 heterocycles. The van der Waals surface area contributed by atoms with E-state index in [1.54, 1.807) is 5.19 Å². The molecule has 1 aromatic carbocycles. The largest absolute Gasteiger partial charge is 0.0839 e. The quantitative estimate of drug-likeness (QED) is 0.480. The van der Waals surface area contributed by atoms with Gasteiger partial charge in [-0.05, 0) is 17.9 Å². The molecule has 0 spiro atoms. The third kappa shape index (κ3) is 3.26. The summed E-state index contributed by atoms with van der Waals surface area (Å²) in [5.41, 5.74) is 1.06. The van der Waals surface area contributed by atoms with Crippen LogP contribution in [0.1, 0.15) is 45.4 Å². The van der Waals surface area contributed by atoms with E-state index in [0.717, 1.165) is 11.5 Å². The van der Waals surface area contributed by atoms with Gasteiger partial charge in [-0.2, -0.15) is 0 Å². The minimum absolute atomic E-state index is 1.06. The van der Waals surface area contributed by atoms with Crippen molar-refractivity contribution in [3.05, 3.63) is 30.3 Å². The van der Waals surface area contributed by atoms with Crippen molar-refractivity contribution in [3.63, 3.8) is 0 Å². The first-order valence-corrected chi connectivity index (χ1v) is 10.8. The van der Waals surface area contributed by atoms with Gasteiger partial charge in [-0.1, -0.05) is 87.6 Å². The molecule has 0 unspecified atom stereocenters. The molecule has 1 aliphatic carbocycles. The standard InChI is InChI=1S/C17H28Si/c1-4-5-6-8-11-15-14-17(15)18(2,3)16-12-9-7-10-13-16/h7,9-10,12-13,15,17H,4-6,8,11,14H2,1-3H3/t15-,17-/m1/s1. The zero-order valence-corrected chi connectivity index (χ0v) is 13.3. The molecule has 1 saturated carbocycles. The summed E-state index contributed by atoms with van der Waals surface area (Å²) in [5, 5.41) is 1.66. The van der Waals surface area contributed by atoms with Gasteiger partial charge < -0.3 is 0 Å². The lowest BCUT2D eigenvalue weighted by Gasteiger charge is -2.23. The average Bonchev–Trinajstić information content (AvgIpc) is 3.16. The fourth-order valence-electron chi connectivity index (χ4n) is 3.37. The molecule has 2 rings (SSSR count). The molecule has 1 aromatic rings. The van der Waals surface area contributed by atoms with Crippen LogP contribution >= 0.6 is 0 Å². The maximum absolute atomic E-state index is 2.57. The minimum atomic E-state index is -1.18. The van der Waals surface area contributed by atoms with Crippen molar-refractivity contribution in [1.29, 1.82) is 0 Å². The van der Waals surface area contributed by atoms with E-state index in [9.17, 15) is 0 Å². The summed E-state index contributed by atoms with van der Waals surface area (Å²) in [4.78, 5) is 0. The predicted molar refractivity (Wildman–Crippen MR) is 84.2 cm³/mol. The molecular weight excluding hydrogens is 232 g/mol. The fourth-order valence-corrected chi connectivity index (χ4v) is 7.08. The van der Waals surface area contributed by atoms with Crippen molar-refractivity contribution < 1.29 is 0 Å². The summed E-state index contributed by atoms with van der Waals surface area (Å²) in [6.07, 6.45) is 8.71. The van der Waals surface area contributed by atoms with E-state index in [-0.39, 0.29) is 0 Å². The Morgan fingerprint density at radius 1 is 1.06 bits per heavy atom. The first-order chi connectivity index (χ1) is 8.66. The Balaban J connectivity index is 1.83. The van der Waals surface area contributed by atoms with Gasteiger partial charge in [0.05, 0.1) is 8.07 Å². The van der Waals surface area contributed by atoms with Crippen molar-refractivity contribution in [2.45, 2.75) is 64.1 Å². The van der Waals surface area contributed by atoms with Gasteiger partial charge >= 0.3 is 0 Å². The zero-order valence-electron chi connectivity index (χ0n) is 12.3. The Labute approximate surface area is 114 Å². The zero-order chi connectivity index (χ0) is 13.0. The van der Waals surface area contributed by atoms with E-state index in [0.29, 0.717) is 0 Å². The number of benzene rings is 1. The van der Waals surface area contributed by atoms with Gasteiger partial charge in [0, 0.05) is 0 Å². The van der Waals surface area contributed by atoms with Crippen LogP contribution in [0.15, 0.2) is 30.3 Å². The lowest BCUT2D eigenvalue weighted by atomic mass is 10.1. The minimum Gasteiger partial charge on any atom is -0.0654 e. The Morgan fingerprint density at radius 2 is 1.78 bits per heavy atom. The predicted octanol–water partition coefficient (Wildman–Crippen LogP) is 4.96. The molecule has 0 N–H and O–H groups in total. The second-order valence-electron chi connectivity index (χ2n) is 6.54. The van der Waals surface area contributed by atoms with Gasteiger partial charge in [-0.3, -0.25) is 0 Å². The highest BCUT2D eigenvalue weighted by molar-refractivity contribution is 6.91. The summed E-state index contributed by atoms with van der Waals surface area (Å²) in [5.74, 6) is 1.06. The highest BCUT2D eigenvalue weighted by atomic mass is 28.3. The molecule has 1 fully saturated rings. The lowest BCUT2D eigenvalue weighted by molar-refractivity contribution is 0.596. The topological polar surface area (TPSA) is 0 Å². The Kier molecular flexibility index (Phi) is 4.66. The summed E-state index contributed by atoms with van der Waals surface area (Å²) < 4.78 is 0. The SMILES string of the molecule is CCCCCC[C@@H]1C[C@H]1[Si](C)(C)c1ccccc1. The van der Waals surface area contributed by atoms with Crippen LogP contribution < -0.4 is 5.19 Å². The molecule has 0 nitrogen and oxygen atoms in total. The van der Waals surface area contributed by atoms with Crippen LogP contribution in [0.25, 0.3) is 0 Å². The van der Waals surface area contributed by atoms with E-state index in [4.69, 9.17) is 0 Å². The van der Waals surface area contributed by atoms with Gasteiger partial charge in [0.2, 0.25) is 0 Å². The Bertz CT molecular complexity index is 355. The summed E-state index contributed by atoms with van der Waals surface area (Å²) in [7, 11) is -1.18. The third-order valence-electron chi connectivity index (χ3n) is 4.80. The number of unbranched alkanes of at least 4 members (excludes halogenated alkanes) is 3. The molecule has 0 aromatic heterocycles. The highest BCUT2D eigenvalue weighted by Gasteiger charge is 2.48. The van der Waals surface area contributed by atoms with Crippen molar-refractivity contribution in [2.24, 2.45) is 5.92 Å². The van der Waals surface area contributed by atoms with Gasteiger partial charge in [-0.25, -0.2) is 0 Å². The van der Waals surface area contributed by atoms with Crippen molar-refractivity contribution in [2.75, 3.05) is 0 Å². The molecule has 1 aliphatic rings. The van der Waals surface area contributed by atoms with Crippen LogP contribution in [0.4, 0.5) is 0 Å². The molecule has 0 saturated heterocycles. The summed E-state index contributed by atoms with van der Waals surface area (Å²) in [6.45, 7) is 7.43. The van der Waals surface area contributed by atoms with E-state index in [1.165, 1.54) is 38.5 Å². The maximum Gasteiger partial charge on any atom is 0.0839 e. The number of hydrogen-bond donors (Lipinski definition) is 0. The van der Waals surface area contributed by atoms with Gasteiger partial charge in [0.15, 0.2) is 0 Å². The van der Waals surface area contributed by atoms with Gasteiger partial charge in [0.25, 0.3) is 0 Å². The normalized spacial score (nSPS) is 23.1. The molecule has 0 aliphatic heterocycles. The summed E-state index contributed by atoms with van der Waals surface area (Å²) >= 11 is 0. The fraction of sp³-hybridized carbons (Fsp3) is 0.647. The van der Waals surface area contributed by atoms with Crippen molar-refractivity contribution >= 4 is 13.3 Å². The second-order valence-corrected chi connectivity index (χ2v) is 11.3. The van der Waals surface area contributed by atoms with E-state index >= 15 is 0 Å². The summed E-state index contributed by atoms with van der Waals surface area (Å²) in [6, 6.07) is 11.3. The van der Waals surface area contributed by atoms with Crippen LogP contribution in [-0.2, 0) is 0 Å². The molecule has 0 amide bonds. The van der Waals surface area contributed by atoms with Gasteiger partial charge in [-0.15, -0.1) is 0 Å². The molecule has 100 valence electrons. The average molecular weight is 260 g/mol. The highest BCUT2D eigenvalue weighted by Crippen LogP contribution is 2.54. The van der Waals surface area contributed by atoms with Crippen molar-refractivity contribution in [3.8, 4) is 0 Å². The van der Waals surface area contributed by atoms with Gasteiger partial charge in [0.1, 0.15) is 0 Å². The first-order valence-electron chi connectivity index (χ1n) is 7.71. The van der Waals surface area contributed by atoms with E-state index < -0.39 is 8.07 Å². The van der Waals surface area contributed by atoms with Crippen LogP contribution in [-0.4, -0.2) is 8.07 Å². The monoisotopic (exact) mass is 260 g/mol. The Hall–Kier alpha value is -0.563.